The summed E-state index contributed by atoms with van der Waals surface area (Å²) in [6.07, 6.45) is 0. The van der Waals surface area contributed by atoms with Gasteiger partial charge < -0.3 is 10.8 Å². The van der Waals surface area contributed by atoms with E-state index in [4.69, 9.17) is 10.8 Å². The number of nitrogen functional groups attached to an aromatic ring is 1. The summed E-state index contributed by atoms with van der Waals surface area (Å²) in [6.45, 7) is 3.53. The highest BCUT2D eigenvalue weighted by atomic mass is 16.4. The van der Waals surface area contributed by atoms with Crippen LogP contribution in [-0.4, -0.2) is 16.9 Å². The van der Waals surface area contributed by atoms with Crippen molar-refractivity contribution in [2.24, 2.45) is 5.92 Å². The van der Waals surface area contributed by atoms with Crippen molar-refractivity contribution in [3.05, 3.63) is 29.3 Å². The Hall–Kier alpha value is -1.84. The number of aromatic carboxylic acids is 1. The maximum atomic E-state index is 11.6. The van der Waals surface area contributed by atoms with Crippen molar-refractivity contribution in [2.75, 3.05) is 5.73 Å². The van der Waals surface area contributed by atoms with E-state index >= 15 is 0 Å². The lowest BCUT2D eigenvalue weighted by Crippen LogP contribution is -2.10. The van der Waals surface area contributed by atoms with E-state index in [-0.39, 0.29) is 23.0 Å². The van der Waals surface area contributed by atoms with Crippen LogP contribution in [0.2, 0.25) is 0 Å². The SMILES string of the molecule is CC(C)C(=O)c1ccc(N)c(C(=O)O)c1. The molecule has 4 nitrogen and oxygen atoms in total. The Kier molecular flexibility index (Phi) is 3.09. The van der Waals surface area contributed by atoms with Crippen molar-refractivity contribution in [1.82, 2.24) is 0 Å². The average molecular weight is 207 g/mol. The van der Waals surface area contributed by atoms with Gasteiger partial charge in [0.1, 0.15) is 0 Å². The van der Waals surface area contributed by atoms with Gasteiger partial charge in [-0.3, -0.25) is 4.79 Å². The molecule has 0 fully saturated rings. The molecule has 0 amide bonds. The first-order chi connectivity index (χ1) is 6.93. The summed E-state index contributed by atoms with van der Waals surface area (Å²) in [4.78, 5) is 22.4. The molecule has 1 aromatic rings. The number of carbonyl (C=O) groups is 2. The quantitative estimate of drug-likeness (QED) is 0.585. The summed E-state index contributed by atoms with van der Waals surface area (Å²) in [5.74, 6) is -1.36. The second-order valence-corrected chi connectivity index (χ2v) is 3.63. The van der Waals surface area contributed by atoms with Crippen LogP contribution >= 0.6 is 0 Å². The van der Waals surface area contributed by atoms with Crippen molar-refractivity contribution >= 4 is 17.4 Å². The fraction of sp³-hybridized carbons (Fsp3) is 0.273. The third kappa shape index (κ3) is 2.34. The topological polar surface area (TPSA) is 80.4 Å². The van der Waals surface area contributed by atoms with Gasteiger partial charge in [-0.15, -0.1) is 0 Å². The minimum Gasteiger partial charge on any atom is -0.478 e. The minimum absolute atomic E-state index is 0.0264. The average Bonchev–Trinajstić information content (AvgIpc) is 2.16. The number of carboxylic acids is 1. The molecule has 80 valence electrons. The van der Waals surface area contributed by atoms with E-state index in [1.54, 1.807) is 19.9 Å². The van der Waals surface area contributed by atoms with Crippen LogP contribution in [0.4, 0.5) is 5.69 Å². The second-order valence-electron chi connectivity index (χ2n) is 3.63. The van der Waals surface area contributed by atoms with Crippen LogP contribution in [0.1, 0.15) is 34.6 Å². The third-order valence-corrected chi connectivity index (χ3v) is 2.09. The van der Waals surface area contributed by atoms with Crippen LogP contribution in [0.5, 0.6) is 0 Å². The molecule has 3 N–H and O–H groups in total. The Labute approximate surface area is 87.7 Å². The van der Waals surface area contributed by atoms with Gasteiger partial charge in [-0.05, 0) is 18.2 Å². The van der Waals surface area contributed by atoms with Gasteiger partial charge in [0, 0.05) is 17.2 Å². The number of hydrogen-bond donors (Lipinski definition) is 2. The van der Waals surface area contributed by atoms with Crippen LogP contribution in [0, 0.1) is 5.92 Å². The van der Waals surface area contributed by atoms with Gasteiger partial charge in [0.25, 0.3) is 0 Å². The van der Waals surface area contributed by atoms with Gasteiger partial charge in [-0.2, -0.15) is 0 Å². The van der Waals surface area contributed by atoms with Gasteiger partial charge in [0.05, 0.1) is 5.56 Å². The largest absolute Gasteiger partial charge is 0.478 e. The van der Waals surface area contributed by atoms with Gasteiger partial charge >= 0.3 is 5.97 Å². The van der Waals surface area contributed by atoms with E-state index in [0.717, 1.165) is 0 Å². The minimum atomic E-state index is -1.12. The van der Waals surface area contributed by atoms with Crippen molar-refractivity contribution in [2.45, 2.75) is 13.8 Å². The predicted octanol–water partition coefficient (Wildman–Crippen LogP) is 1.81. The van der Waals surface area contributed by atoms with Crippen molar-refractivity contribution in [3.8, 4) is 0 Å². The Morgan fingerprint density at radius 3 is 2.40 bits per heavy atom. The number of Topliss-reactive ketones (excluding diaryl/α,β-unsaturated/α-hetero) is 1. The van der Waals surface area contributed by atoms with Crippen LogP contribution in [0.3, 0.4) is 0 Å². The predicted molar refractivity (Wildman–Crippen MR) is 57.0 cm³/mol. The number of carbonyl (C=O) groups excluding carboxylic acids is 1. The van der Waals surface area contributed by atoms with E-state index in [0.29, 0.717) is 5.56 Å². The lowest BCUT2D eigenvalue weighted by Gasteiger charge is -2.06. The summed E-state index contributed by atoms with van der Waals surface area (Å²) in [7, 11) is 0. The first-order valence-electron chi connectivity index (χ1n) is 4.60. The summed E-state index contributed by atoms with van der Waals surface area (Å²) in [6, 6.07) is 4.31. The number of ketones is 1. The normalized spacial score (nSPS) is 10.3. The molecule has 0 unspecified atom stereocenters. The zero-order chi connectivity index (χ0) is 11.6. The molecule has 0 aliphatic rings. The Balaban J connectivity index is 3.19. The van der Waals surface area contributed by atoms with Crippen LogP contribution in [0.15, 0.2) is 18.2 Å². The molecule has 0 aromatic heterocycles. The number of carboxylic acid groups (broad SMARTS) is 1. The Bertz CT molecular complexity index is 410. The number of anilines is 1. The first kappa shape index (κ1) is 11.2. The molecular formula is C11H13NO3. The van der Waals surface area contributed by atoms with E-state index in [1.807, 2.05) is 0 Å². The molecule has 1 aromatic carbocycles. The van der Waals surface area contributed by atoms with Gasteiger partial charge in [-0.1, -0.05) is 13.8 Å². The highest BCUT2D eigenvalue weighted by molar-refractivity contribution is 6.01. The lowest BCUT2D eigenvalue weighted by molar-refractivity contribution is 0.0698. The molecule has 0 radical (unpaired) electrons. The summed E-state index contributed by atoms with van der Waals surface area (Å²) in [5.41, 5.74) is 6.00. The molecule has 0 aliphatic heterocycles. The maximum Gasteiger partial charge on any atom is 0.337 e. The number of hydrogen-bond acceptors (Lipinski definition) is 3. The Morgan fingerprint density at radius 2 is 1.93 bits per heavy atom. The first-order valence-corrected chi connectivity index (χ1v) is 4.60. The molecule has 1 rings (SSSR count). The van der Waals surface area contributed by atoms with Gasteiger partial charge in [0.15, 0.2) is 5.78 Å². The van der Waals surface area contributed by atoms with E-state index in [9.17, 15) is 9.59 Å². The Morgan fingerprint density at radius 1 is 1.33 bits per heavy atom. The number of nitrogens with two attached hydrogens (primary N) is 1. The molecule has 0 bridgehead atoms. The fourth-order valence-corrected chi connectivity index (χ4v) is 1.23. The summed E-state index contributed by atoms with van der Waals surface area (Å²) in [5, 5.41) is 8.82. The zero-order valence-electron chi connectivity index (χ0n) is 8.65. The highest BCUT2D eigenvalue weighted by Gasteiger charge is 2.14. The standard InChI is InChI=1S/C11H13NO3/c1-6(2)10(13)7-3-4-9(12)8(5-7)11(14)15/h3-6H,12H2,1-2H3,(H,14,15). The highest BCUT2D eigenvalue weighted by Crippen LogP contribution is 2.16. The summed E-state index contributed by atoms with van der Waals surface area (Å²) >= 11 is 0. The monoisotopic (exact) mass is 207 g/mol. The molecule has 15 heavy (non-hydrogen) atoms. The zero-order valence-corrected chi connectivity index (χ0v) is 8.65. The smallest absolute Gasteiger partial charge is 0.337 e. The molecule has 0 saturated carbocycles. The maximum absolute atomic E-state index is 11.6. The molecule has 0 saturated heterocycles. The molecular weight excluding hydrogens is 194 g/mol. The molecule has 0 atom stereocenters. The van der Waals surface area contributed by atoms with Crippen molar-refractivity contribution < 1.29 is 14.7 Å². The lowest BCUT2D eigenvalue weighted by atomic mass is 9.98. The van der Waals surface area contributed by atoms with E-state index < -0.39 is 5.97 Å². The third-order valence-electron chi connectivity index (χ3n) is 2.09. The molecule has 0 heterocycles. The van der Waals surface area contributed by atoms with Crippen LogP contribution in [-0.2, 0) is 0 Å². The molecule has 4 heteroatoms. The van der Waals surface area contributed by atoms with Gasteiger partial charge in [-0.25, -0.2) is 4.79 Å². The van der Waals surface area contributed by atoms with Gasteiger partial charge in [0.2, 0.25) is 0 Å². The number of benzene rings is 1. The van der Waals surface area contributed by atoms with E-state index in [1.165, 1.54) is 12.1 Å². The van der Waals surface area contributed by atoms with E-state index in [2.05, 4.69) is 0 Å². The number of rotatable bonds is 3. The van der Waals surface area contributed by atoms with Crippen LogP contribution < -0.4 is 5.73 Å². The van der Waals surface area contributed by atoms with Crippen LogP contribution in [0.25, 0.3) is 0 Å². The molecule has 0 aliphatic carbocycles. The van der Waals surface area contributed by atoms with Crippen molar-refractivity contribution in [3.63, 3.8) is 0 Å². The second kappa shape index (κ2) is 4.13. The fourth-order valence-electron chi connectivity index (χ4n) is 1.23. The summed E-state index contributed by atoms with van der Waals surface area (Å²) < 4.78 is 0. The van der Waals surface area contributed by atoms with Crippen molar-refractivity contribution in [1.29, 1.82) is 0 Å². The molecule has 0 spiro atoms.